The summed E-state index contributed by atoms with van der Waals surface area (Å²) in [5.41, 5.74) is 0. The molecule has 2 aliphatic rings. The summed E-state index contributed by atoms with van der Waals surface area (Å²) in [6.45, 7) is 2.11. The van der Waals surface area contributed by atoms with Crippen molar-refractivity contribution in [3.63, 3.8) is 0 Å². The Morgan fingerprint density at radius 2 is 1.81 bits per heavy atom. The van der Waals surface area contributed by atoms with E-state index in [4.69, 9.17) is 9.47 Å². The minimum atomic E-state index is -3.40. The van der Waals surface area contributed by atoms with Gasteiger partial charge in [0.1, 0.15) is 5.08 Å². The van der Waals surface area contributed by atoms with Crippen molar-refractivity contribution in [1.82, 2.24) is 4.31 Å². The number of piperidine rings is 1. The Hall–Kier alpha value is 0.0600. The number of ether oxygens (including phenoxy) is 2. The SMILES string of the molecule is COOOSCS(=O)(=O)N1CCC2(CC1)OCCCCO2. The fourth-order valence-corrected chi connectivity index (χ4v) is 4.43. The van der Waals surface area contributed by atoms with Crippen LogP contribution in [0.25, 0.3) is 0 Å². The van der Waals surface area contributed by atoms with Crippen LogP contribution in [0, 0.1) is 0 Å². The Kier molecular flexibility index (Phi) is 6.69. The van der Waals surface area contributed by atoms with Gasteiger partial charge in [0, 0.05) is 25.9 Å². The Morgan fingerprint density at radius 3 is 2.38 bits per heavy atom. The molecule has 0 aliphatic carbocycles. The number of sulfonamides is 1. The molecule has 0 saturated carbocycles. The molecule has 0 amide bonds. The quantitative estimate of drug-likeness (QED) is 0.306. The number of rotatable bonds is 6. The molecule has 2 aliphatic heterocycles. The molecule has 0 atom stereocenters. The molecule has 2 heterocycles. The lowest BCUT2D eigenvalue weighted by Gasteiger charge is -2.39. The van der Waals surface area contributed by atoms with E-state index in [9.17, 15) is 8.42 Å². The van der Waals surface area contributed by atoms with Crippen LogP contribution in [0.2, 0.25) is 0 Å². The summed E-state index contributed by atoms with van der Waals surface area (Å²) in [6.07, 6.45) is 3.06. The Labute approximate surface area is 129 Å². The van der Waals surface area contributed by atoms with Crippen molar-refractivity contribution < 1.29 is 32.2 Å². The highest BCUT2D eigenvalue weighted by Gasteiger charge is 2.40. The zero-order valence-corrected chi connectivity index (χ0v) is 13.6. The van der Waals surface area contributed by atoms with Crippen LogP contribution < -0.4 is 0 Å². The number of hydrogen-bond acceptors (Lipinski definition) is 8. The van der Waals surface area contributed by atoms with Gasteiger partial charge in [-0.3, -0.25) is 0 Å². The summed E-state index contributed by atoms with van der Waals surface area (Å²) in [5.74, 6) is -0.606. The third-order valence-electron chi connectivity index (χ3n) is 3.49. The van der Waals surface area contributed by atoms with Gasteiger partial charge in [-0.05, 0) is 12.8 Å². The molecule has 2 rings (SSSR count). The molecule has 1 spiro atoms. The van der Waals surface area contributed by atoms with Crippen molar-refractivity contribution in [1.29, 1.82) is 0 Å². The molecule has 0 bridgehead atoms. The second-order valence-electron chi connectivity index (χ2n) is 4.86. The molecule has 2 fully saturated rings. The molecular weight excluding hydrogens is 322 g/mol. The first kappa shape index (κ1) is 17.4. The second kappa shape index (κ2) is 8.06. The smallest absolute Gasteiger partial charge is 0.225 e. The van der Waals surface area contributed by atoms with Gasteiger partial charge in [0.2, 0.25) is 10.0 Å². The van der Waals surface area contributed by atoms with Crippen LogP contribution in [0.15, 0.2) is 0 Å². The monoisotopic (exact) mass is 343 g/mol. The Balaban J connectivity index is 1.81. The van der Waals surface area contributed by atoms with Crippen LogP contribution in [0.5, 0.6) is 0 Å². The van der Waals surface area contributed by atoms with Crippen molar-refractivity contribution in [3.8, 4) is 0 Å². The topological polar surface area (TPSA) is 83.5 Å². The molecule has 0 aromatic rings. The van der Waals surface area contributed by atoms with Crippen LogP contribution in [0.1, 0.15) is 25.7 Å². The summed E-state index contributed by atoms with van der Waals surface area (Å²) in [4.78, 5) is 4.20. The average Bonchev–Trinajstić information content (AvgIpc) is 2.70. The third-order valence-corrected chi connectivity index (χ3v) is 6.37. The predicted octanol–water partition coefficient (Wildman–Crippen LogP) is 1.05. The van der Waals surface area contributed by atoms with E-state index in [1.807, 2.05) is 0 Å². The minimum absolute atomic E-state index is 0.231. The van der Waals surface area contributed by atoms with Gasteiger partial charge in [-0.1, -0.05) is 5.04 Å². The van der Waals surface area contributed by atoms with E-state index >= 15 is 0 Å². The third kappa shape index (κ3) is 5.03. The first-order chi connectivity index (χ1) is 10.1. The highest BCUT2D eigenvalue weighted by atomic mass is 32.3. The number of nitrogens with zero attached hydrogens (tertiary/aromatic N) is 1. The molecule has 0 aromatic heterocycles. The first-order valence-corrected chi connectivity index (χ1v) is 9.35. The van der Waals surface area contributed by atoms with Crippen molar-refractivity contribution in [2.24, 2.45) is 0 Å². The van der Waals surface area contributed by atoms with Crippen molar-refractivity contribution in [3.05, 3.63) is 0 Å². The standard InChI is InChI=1S/C11H21NO7S2/c1-15-18-19-20-10-21(13,14)12-6-4-11(5-7-12)16-8-2-3-9-17-11/h2-10H2,1H3. The summed E-state index contributed by atoms with van der Waals surface area (Å²) < 4.78 is 41.8. The molecule has 10 heteroatoms. The molecule has 124 valence electrons. The van der Waals surface area contributed by atoms with Gasteiger partial charge in [-0.25, -0.2) is 17.6 Å². The molecule has 0 unspecified atom stereocenters. The van der Waals surface area contributed by atoms with Gasteiger partial charge in [0.05, 0.1) is 32.4 Å². The van der Waals surface area contributed by atoms with E-state index in [-0.39, 0.29) is 5.08 Å². The lowest BCUT2D eigenvalue weighted by molar-refractivity contribution is -0.447. The average molecular weight is 343 g/mol. The van der Waals surface area contributed by atoms with Crippen LogP contribution in [0.4, 0.5) is 0 Å². The van der Waals surface area contributed by atoms with Gasteiger partial charge in [0.15, 0.2) is 5.79 Å². The van der Waals surface area contributed by atoms with Gasteiger partial charge in [-0.2, -0.15) is 0 Å². The van der Waals surface area contributed by atoms with Crippen LogP contribution >= 0.6 is 12.0 Å². The van der Waals surface area contributed by atoms with E-state index in [1.165, 1.54) is 11.4 Å². The van der Waals surface area contributed by atoms with Gasteiger partial charge < -0.3 is 9.47 Å². The molecule has 0 N–H and O–H groups in total. The number of hydrogen-bond donors (Lipinski definition) is 0. The lowest BCUT2D eigenvalue weighted by atomic mass is 10.1. The van der Waals surface area contributed by atoms with Crippen molar-refractivity contribution in [2.75, 3.05) is 38.5 Å². The maximum absolute atomic E-state index is 12.1. The Morgan fingerprint density at radius 1 is 1.19 bits per heavy atom. The largest absolute Gasteiger partial charge is 0.350 e. The maximum Gasteiger partial charge on any atom is 0.225 e. The second-order valence-corrected chi connectivity index (χ2v) is 7.86. The predicted molar refractivity (Wildman–Crippen MR) is 75.2 cm³/mol. The highest BCUT2D eigenvalue weighted by Crippen LogP contribution is 2.31. The van der Waals surface area contributed by atoms with E-state index in [0.29, 0.717) is 51.2 Å². The highest BCUT2D eigenvalue weighted by molar-refractivity contribution is 8.08. The zero-order valence-electron chi connectivity index (χ0n) is 12.0. The molecular formula is C11H21NO7S2. The van der Waals surface area contributed by atoms with E-state index < -0.39 is 15.8 Å². The summed E-state index contributed by atoms with van der Waals surface area (Å²) >= 11 is 0.669. The fourth-order valence-electron chi connectivity index (χ4n) is 2.36. The van der Waals surface area contributed by atoms with Crippen LogP contribution in [-0.4, -0.2) is 57.0 Å². The fraction of sp³-hybridized carbons (Fsp3) is 1.00. The van der Waals surface area contributed by atoms with E-state index in [0.717, 1.165) is 12.8 Å². The van der Waals surface area contributed by atoms with Gasteiger partial charge in [0.25, 0.3) is 0 Å². The van der Waals surface area contributed by atoms with Gasteiger partial charge >= 0.3 is 0 Å². The Bertz CT molecular complexity index is 399. The van der Waals surface area contributed by atoms with Crippen LogP contribution in [0.3, 0.4) is 0 Å². The van der Waals surface area contributed by atoms with Crippen molar-refractivity contribution in [2.45, 2.75) is 31.5 Å². The molecule has 0 aromatic carbocycles. The van der Waals surface area contributed by atoms with Gasteiger partial charge in [-0.15, -0.1) is 4.33 Å². The summed E-state index contributed by atoms with van der Waals surface area (Å²) in [5, 5.41) is 3.93. The normalized spacial score (nSPS) is 24.0. The molecule has 0 radical (unpaired) electrons. The molecule has 8 nitrogen and oxygen atoms in total. The minimum Gasteiger partial charge on any atom is -0.350 e. The molecule has 21 heavy (non-hydrogen) atoms. The maximum atomic E-state index is 12.1. The van der Waals surface area contributed by atoms with Crippen molar-refractivity contribution >= 4 is 22.1 Å². The van der Waals surface area contributed by atoms with E-state index in [1.54, 1.807) is 0 Å². The molecule has 2 saturated heterocycles. The van der Waals surface area contributed by atoms with Crippen LogP contribution in [-0.2, 0) is 33.8 Å². The zero-order chi connectivity index (χ0) is 15.2. The first-order valence-electron chi connectivity index (χ1n) is 6.83. The van der Waals surface area contributed by atoms with E-state index in [2.05, 4.69) is 14.3 Å². The summed E-state index contributed by atoms with van der Waals surface area (Å²) in [7, 11) is -2.13. The summed E-state index contributed by atoms with van der Waals surface area (Å²) in [6, 6.07) is 0. The lowest BCUT2D eigenvalue weighted by Crippen LogP contribution is -2.49.